The third kappa shape index (κ3) is 8.67. The Labute approximate surface area is 109 Å². The van der Waals surface area contributed by atoms with Crippen molar-refractivity contribution in [3.05, 3.63) is 11.6 Å². The highest BCUT2D eigenvalue weighted by Crippen LogP contribution is 1.98. The minimum atomic E-state index is -0.659. The van der Waals surface area contributed by atoms with Crippen molar-refractivity contribution in [1.82, 2.24) is 5.32 Å². The van der Waals surface area contributed by atoms with E-state index in [0.717, 1.165) is 31.3 Å². The molecule has 0 aliphatic heterocycles. The molecule has 1 N–H and O–H groups in total. The highest BCUT2D eigenvalue weighted by molar-refractivity contribution is 6.39. The van der Waals surface area contributed by atoms with E-state index in [9.17, 15) is 14.4 Å². The standard InChI is InChI=1S/C14H23NO3/c1-4-5-6-7-8-15-14(18)13(17)10-12(16)9-11(2)3/h9H,4-8,10H2,1-3H3,(H,15,18). The van der Waals surface area contributed by atoms with Crippen LogP contribution in [-0.2, 0) is 14.4 Å². The fourth-order valence-corrected chi connectivity index (χ4v) is 1.46. The molecule has 0 bridgehead atoms. The van der Waals surface area contributed by atoms with E-state index in [1.54, 1.807) is 13.8 Å². The number of carbonyl (C=O) groups is 3. The van der Waals surface area contributed by atoms with Gasteiger partial charge in [0.2, 0.25) is 5.78 Å². The molecule has 0 saturated heterocycles. The Morgan fingerprint density at radius 3 is 2.28 bits per heavy atom. The molecule has 4 heteroatoms. The molecule has 0 aromatic carbocycles. The lowest BCUT2D eigenvalue weighted by atomic mass is 10.1. The second-order valence-corrected chi connectivity index (χ2v) is 4.60. The van der Waals surface area contributed by atoms with Gasteiger partial charge in [-0.1, -0.05) is 31.8 Å². The number of nitrogens with one attached hydrogen (secondary N) is 1. The Hall–Kier alpha value is -1.45. The van der Waals surface area contributed by atoms with Crippen molar-refractivity contribution in [3.63, 3.8) is 0 Å². The van der Waals surface area contributed by atoms with Gasteiger partial charge in [-0.3, -0.25) is 14.4 Å². The van der Waals surface area contributed by atoms with Crippen LogP contribution in [0.3, 0.4) is 0 Å². The summed E-state index contributed by atoms with van der Waals surface area (Å²) in [6.45, 7) is 6.16. The molecule has 102 valence electrons. The van der Waals surface area contributed by atoms with E-state index < -0.39 is 11.7 Å². The fraction of sp³-hybridized carbons (Fsp3) is 0.643. The van der Waals surface area contributed by atoms with E-state index in [-0.39, 0.29) is 12.2 Å². The van der Waals surface area contributed by atoms with E-state index in [2.05, 4.69) is 12.2 Å². The quantitative estimate of drug-likeness (QED) is 0.296. The lowest BCUT2D eigenvalue weighted by molar-refractivity contribution is -0.139. The van der Waals surface area contributed by atoms with Gasteiger partial charge in [0, 0.05) is 6.54 Å². The summed E-state index contributed by atoms with van der Waals surface area (Å²) in [5.74, 6) is -1.63. The molecule has 0 radical (unpaired) electrons. The molecule has 0 aliphatic carbocycles. The molecule has 18 heavy (non-hydrogen) atoms. The molecule has 1 amide bonds. The van der Waals surface area contributed by atoms with Crippen molar-refractivity contribution in [1.29, 1.82) is 0 Å². The van der Waals surface area contributed by atoms with Gasteiger partial charge in [0.25, 0.3) is 5.91 Å². The zero-order valence-electron chi connectivity index (χ0n) is 11.5. The third-order valence-corrected chi connectivity index (χ3v) is 2.35. The first-order valence-corrected chi connectivity index (χ1v) is 6.46. The number of ketones is 2. The van der Waals surface area contributed by atoms with Crippen molar-refractivity contribution in [2.45, 2.75) is 52.9 Å². The number of hydrogen-bond acceptors (Lipinski definition) is 3. The molecule has 4 nitrogen and oxygen atoms in total. The number of rotatable bonds is 9. The smallest absolute Gasteiger partial charge is 0.287 e. The van der Waals surface area contributed by atoms with Crippen LogP contribution in [0.4, 0.5) is 0 Å². The summed E-state index contributed by atoms with van der Waals surface area (Å²) in [6.07, 6.45) is 5.21. The molecule has 0 heterocycles. The molecule has 0 aliphatic rings. The van der Waals surface area contributed by atoms with Crippen LogP contribution in [-0.4, -0.2) is 24.0 Å². The topological polar surface area (TPSA) is 63.2 Å². The SMILES string of the molecule is CCCCCCNC(=O)C(=O)CC(=O)C=C(C)C. The highest BCUT2D eigenvalue weighted by atomic mass is 16.2. The van der Waals surface area contributed by atoms with E-state index in [0.29, 0.717) is 6.54 Å². The second-order valence-electron chi connectivity index (χ2n) is 4.60. The zero-order chi connectivity index (χ0) is 14.0. The molecular weight excluding hydrogens is 230 g/mol. The van der Waals surface area contributed by atoms with Crippen LogP contribution < -0.4 is 5.32 Å². The van der Waals surface area contributed by atoms with Crippen molar-refractivity contribution < 1.29 is 14.4 Å². The van der Waals surface area contributed by atoms with Gasteiger partial charge in [0.1, 0.15) is 0 Å². The predicted molar refractivity (Wildman–Crippen MR) is 71.2 cm³/mol. The van der Waals surface area contributed by atoms with E-state index in [1.807, 2.05) is 0 Å². The largest absolute Gasteiger partial charge is 0.349 e. The second kappa shape index (κ2) is 9.57. The van der Waals surface area contributed by atoms with Crippen LogP contribution in [0.15, 0.2) is 11.6 Å². The number of Topliss-reactive ketones (excluding diaryl/α,β-unsaturated/α-hetero) is 1. The molecule has 0 unspecified atom stereocenters. The van der Waals surface area contributed by atoms with Gasteiger partial charge in [-0.05, 0) is 26.3 Å². The van der Waals surface area contributed by atoms with Crippen molar-refractivity contribution in [2.75, 3.05) is 6.54 Å². The van der Waals surface area contributed by atoms with Crippen LogP contribution in [0, 0.1) is 0 Å². The van der Waals surface area contributed by atoms with Crippen molar-refractivity contribution in [3.8, 4) is 0 Å². The van der Waals surface area contributed by atoms with Gasteiger partial charge in [-0.25, -0.2) is 0 Å². The molecule has 0 spiro atoms. The van der Waals surface area contributed by atoms with Gasteiger partial charge < -0.3 is 5.32 Å². The van der Waals surface area contributed by atoms with Gasteiger partial charge in [-0.2, -0.15) is 0 Å². The van der Waals surface area contributed by atoms with Gasteiger partial charge in [-0.15, -0.1) is 0 Å². The predicted octanol–water partition coefficient (Wildman–Crippen LogP) is 2.18. The number of carbonyl (C=O) groups excluding carboxylic acids is 3. The molecule has 0 atom stereocenters. The van der Waals surface area contributed by atoms with Gasteiger partial charge >= 0.3 is 0 Å². The van der Waals surface area contributed by atoms with E-state index in [4.69, 9.17) is 0 Å². The lowest BCUT2D eigenvalue weighted by Crippen LogP contribution is -2.32. The van der Waals surface area contributed by atoms with Crippen LogP contribution in [0.5, 0.6) is 0 Å². The first-order valence-electron chi connectivity index (χ1n) is 6.46. The van der Waals surface area contributed by atoms with Crippen LogP contribution in [0.2, 0.25) is 0 Å². The Morgan fingerprint density at radius 1 is 1.06 bits per heavy atom. The number of unbranched alkanes of at least 4 members (excludes halogenated alkanes) is 3. The van der Waals surface area contributed by atoms with Crippen LogP contribution in [0.1, 0.15) is 52.9 Å². The number of amides is 1. The summed E-state index contributed by atoms with van der Waals surface area (Å²) in [7, 11) is 0. The fourth-order valence-electron chi connectivity index (χ4n) is 1.46. The van der Waals surface area contributed by atoms with Crippen LogP contribution in [0.25, 0.3) is 0 Å². The normalized spacial score (nSPS) is 9.72. The Bertz CT molecular complexity index is 328. The maximum atomic E-state index is 11.4. The third-order valence-electron chi connectivity index (χ3n) is 2.35. The number of allylic oxidation sites excluding steroid dienone is 2. The van der Waals surface area contributed by atoms with Gasteiger partial charge in [0.05, 0.1) is 6.42 Å². The van der Waals surface area contributed by atoms with Gasteiger partial charge in [0.15, 0.2) is 5.78 Å². The molecule has 0 aromatic rings. The minimum Gasteiger partial charge on any atom is -0.349 e. The average molecular weight is 253 g/mol. The Morgan fingerprint density at radius 2 is 1.72 bits per heavy atom. The summed E-state index contributed by atoms with van der Waals surface area (Å²) in [5.41, 5.74) is 0.827. The highest BCUT2D eigenvalue weighted by Gasteiger charge is 2.15. The molecule has 0 fully saturated rings. The molecule has 0 rings (SSSR count). The Balaban J connectivity index is 3.87. The monoisotopic (exact) mass is 253 g/mol. The van der Waals surface area contributed by atoms with Crippen molar-refractivity contribution in [2.24, 2.45) is 0 Å². The maximum Gasteiger partial charge on any atom is 0.287 e. The first kappa shape index (κ1) is 16.6. The first-order chi connectivity index (χ1) is 8.47. The number of hydrogen-bond donors (Lipinski definition) is 1. The van der Waals surface area contributed by atoms with Crippen LogP contribution >= 0.6 is 0 Å². The molecule has 0 aromatic heterocycles. The van der Waals surface area contributed by atoms with E-state index >= 15 is 0 Å². The lowest BCUT2D eigenvalue weighted by Gasteiger charge is -2.03. The minimum absolute atomic E-state index is 0.318. The Kier molecular flexibility index (Phi) is 8.80. The van der Waals surface area contributed by atoms with E-state index in [1.165, 1.54) is 6.08 Å². The summed E-state index contributed by atoms with van der Waals surface area (Å²) >= 11 is 0. The zero-order valence-corrected chi connectivity index (χ0v) is 11.5. The maximum absolute atomic E-state index is 11.4. The summed E-state index contributed by atoms with van der Waals surface area (Å²) in [4.78, 5) is 34.1. The molecule has 0 saturated carbocycles. The summed E-state index contributed by atoms with van der Waals surface area (Å²) in [6, 6.07) is 0. The van der Waals surface area contributed by atoms with Crippen molar-refractivity contribution >= 4 is 17.5 Å². The summed E-state index contributed by atoms with van der Waals surface area (Å²) in [5, 5.41) is 2.54. The average Bonchev–Trinajstić information content (AvgIpc) is 2.27. The summed E-state index contributed by atoms with van der Waals surface area (Å²) < 4.78 is 0. The molecular formula is C14H23NO3.